The van der Waals surface area contributed by atoms with Crippen molar-refractivity contribution in [2.24, 2.45) is 4.99 Å². The molecule has 0 saturated carbocycles. The zero-order valence-corrected chi connectivity index (χ0v) is 13.0. The first-order chi connectivity index (χ1) is 10.1. The summed E-state index contributed by atoms with van der Waals surface area (Å²) in [6.45, 7) is 4.77. The zero-order valence-electron chi connectivity index (χ0n) is 12.2. The van der Waals surface area contributed by atoms with E-state index in [1.54, 1.807) is 0 Å². The highest BCUT2D eigenvalue weighted by Crippen LogP contribution is 2.29. The van der Waals surface area contributed by atoms with Gasteiger partial charge in [-0.1, -0.05) is 42.5 Å². The maximum atomic E-state index is 6.53. The number of halogens is 1. The van der Waals surface area contributed by atoms with Crippen molar-refractivity contribution in [1.29, 1.82) is 0 Å². The van der Waals surface area contributed by atoms with Gasteiger partial charge in [0.15, 0.2) is 0 Å². The molecule has 1 unspecified atom stereocenters. The van der Waals surface area contributed by atoms with Crippen LogP contribution in [0.1, 0.15) is 35.9 Å². The van der Waals surface area contributed by atoms with Crippen LogP contribution < -0.4 is 0 Å². The van der Waals surface area contributed by atoms with Gasteiger partial charge in [0.2, 0.25) is 5.90 Å². The van der Waals surface area contributed by atoms with E-state index in [1.807, 2.05) is 54.6 Å². The average Bonchev–Trinajstić information content (AvgIpc) is 2.88. The Morgan fingerprint density at radius 3 is 2.19 bits per heavy atom. The molecule has 2 aromatic rings. The fraction of sp³-hybridized carbons (Fsp3) is 0.278. The number of rotatable bonds is 3. The van der Waals surface area contributed by atoms with Crippen LogP contribution in [0.4, 0.5) is 0 Å². The Balaban J connectivity index is 1.82. The summed E-state index contributed by atoms with van der Waals surface area (Å²) in [6.07, 6.45) is 0. The number of nitrogens with zero attached hydrogens (tertiary/aromatic N) is 1. The Morgan fingerprint density at radius 2 is 1.62 bits per heavy atom. The van der Waals surface area contributed by atoms with Gasteiger partial charge >= 0.3 is 0 Å². The number of alkyl halides is 1. The molecule has 1 aliphatic heterocycles. The zero-order chi connectivity index (χ0) is 14.9. The summed E-state index contributed by atoms with van der Waals surface area (Å²) in [6, 6.07) is 18.2. The number of aliphatic imine (C=N–C) groups is 1. The molecule has 0 spiro atoms. The molecule has 0 aromatic heterocycles. The molecule has 0 bridgehead atoms. The molecule has 0 radical (unpaired) electrons. The molecule has 3 heteroatoms. The Kier molecular flexibility index (Phi) is 3.73. The summed E-state index contributed by atoms with van der Waals surface area (Å²) in [7, 11) is 0. The van der Waals surface area contributed by atoms with Crippen LogP contribution in [0.2, 0.25) is 0 Å². The third-order valence-electron chi connectivity index (χ3n) is 3.51. The van der Waals surface area contributed by atoms with Gasteiger partial charge in [-0.2, -0.15) is 0 Å². The lowest BCUT2D eigenvalue weighted by Crippen LogP contribution is -2.17. The minimum atomic E-state index is -0.136. The SMILES string of the molecule is CC1(C)COC(c2ccc(C(Cl)c3ccccc3)cc2)=N1. The van der Waals surface area contributed by atoms with E-state index < -0.39 is 0 Å². The quantitative estimate of drug-likeness (QED) is 0.761. The van der Waals surface area contributed by atoms with Crippen molar-refractivity contribution >= 4 is 17.5 Å². The monoisotopic (exact) mass is 299 g/mol. The van der Waals surface area contributed by atoms with Crippen molar-refractivity contribution in [2.45, 2.75) is 24.8 Å². The second kappa shape index (κ2) is 5.53. The maximum Gasteiger partial charge on any atom is 0.216 e. The van der Waals surface area contributed by atoms with E-state index in [9.17, 15) is 0 Å². The third kappa shape index (κ3) is 3.11. The molecule has 108 valence electrons. The van der Waals surface area contributed by atoms with Crippen molar-refractivity contribution in [2.75, 3.05) is 6.61 Å². The minimum Gasteiger partial charge on any atom is -0.475 e. The average molecular weight is 300 g/mol. The van der Waals surface area contributed by atoms with Crippen LogP contribution in [0.15, 0.2) is 59.6 Å². The predicted molar refractivity (Wildman–Crippen MR) is 87.1 cm³/mol. The molecule has 1 aliphatic rings. The lowest BCUT2D eigenvalue weighted by molar-refractivity contribution is 0.279. The van der Waals surface area contributed by atoms with Gasteiger partial charge in [0, 0.05) is 5.56 Å². The standard InChI is InChI=1S/C18H18ClNO/c1-18(2)12-21-17(20-18)15-10-8-14(9-11-15)16(19)13-6-4-3-5-7-13/h3-11,16H,12H2,1-2H3. The molecule has 3 rings (SSSR count). The number of ether oxygens (including phenoxy) is 1. The topological polar surface area (TPSA) is 21.6 Å². The normalized spacial score (nSPS) is 18.0. The molecular weight excluding hydrogens is 282 g/mol. The molecule has 1 heterocycles. The van der Waals surface area contributed by atoms with Crippen LogP contribution in [-0.4, -0.2) is 18.0 Å². The molecular formula is C18H18ClNO. The molecule has 0 aliphatic carbocycles. The van der Waals surface area contributed by atoms with Crippen molar-refractivity contribution in [3.8, 4) is 0 Å². The van der Waals surface area contributed by atoms with Gasteiger partial charge < -0.3 is 4.74 Å². The molecule has 0 fully saturated rings. The van der Waals surface area contributed by atoms with Crippen LogP contribution in [-0.2, 0) is 4.74 Å². The lowest BCUT2D eigenvalue weighted by atomic mass is 10.0. The summed E-state index contributed by atoms with van der Waals surface area (Å²) < 4.78 is 5.66. The molecule has 0 saturated heterocycles. The third-order valence-corrected chi connectivity index (χ3v) is 4.01. The lowest BCUT2D eigenvalue weighted by Gasteiger charge is -2.11. The van der Waals surface area contributed by atoms with Crippen LogP contribution in [0.5, 0.6) is 0 Å². The van der Waals surface area contributed by atoms with Gasteiger partial charge in [0.25, 0.3) is 0 Å². The van der Waals surface area contributed by atoms with E-state index >= 15 is 0 Å². The molecule has 21 heavy (non-hydrogen) atoms. The number of benzene rings is 2. The first-order valence-electron chi connectivity index (χ1n) is 7.07. The summed E-state index contributed by atoms with van der Waals surface area (Å²) >= 11 is 6.53. The van der Waals surface area contributed by atoms with E-state index in [-0.39, 0.29) is 10.9 Å². The molecule has 2 aromatic carbocycles. The summed E-state index contributed by atoms with van der Waals surface area (Å²) in [5.41, 5.74) is 3.04. The van der Waals surface area contributed by atoms with Gasteiger partial charge in [-0.25, -0.2) is 4.99 Å². The summed E-state index contributed by atoms with van der Waals surface area (Å²) in [5.74, 6) is 0.720. The van der Waals surface area contributed by atoms with E-state index in [0.717, 1.165) is 22.6 Å². The first-order valence-corrected chi connectivity index (χ1v) is 7.51. The smallest absolute Gasteiger partial charge is 0.216 e. The van der Waals surface area contributed by atoms with Gasteiger partial charge in [0.1, 0.15) is 6.61 Å². The van der Waals surface area contributed by atoms with Crippen LogP contribution in [0, 0.1) is 0 Å². The van der Waals surface area contributed by atoms with E-state index in [2.05, 4.69) is 18.8 Å². The van der Waals surface area contributed by atoms with Crippen molar-refractivity contribution < 1.29 is 4.74 Å². The second-order valence-corrected chi connectivity index (χ2v) is 6.35. The highest BCUT2D eigenvalue weighted by atomic mass is 35.5. The molecule has 0 amide bonds. The minimum absolute atomic E-state index is 0.132. The maximum absolute atomic E-state index is 6.53. The number of hydrogen-bond acceptors (Lipinski definition) is 2. The molecule has 1 atom stereocenters. The van der Waals surface area contributed by atoms with Gasteiger partial charge in [-0.15, -0.1) is 11.6 Å². The van der Waals surface area contributed by atoms with Crippen LogP contribution in [0.25, 0.3) is 0 Å². The van der Waals surface area contributed by atoms with E-state index in [4.69, 9.17) is 16.3 Å². The summed E-state index contributed by atoms with van der Waals surface area (Å²) in [5, 5.41) is -0.136. The van der Waals surface area contributed by atoms with E-state index in [0.29, 0.717) is 6.61 Å². The second-order valence-electron chi connectivity index (χ2n) is 5.91. The largest absolute Gasteiger partial charge is 0.475 e. The Hall–Kier alpha value is -1.80. The highest BCUT2D eigenvalue weighted by molar-refractivity contribution is 6.22. The Labute approximate surface area is 130 Å². The number of hydrogen-bond donors (Lipinski definition) is 0. The predicted octanol–water partition coefficient (Wildman–Crippen LogP) is 4.57. The van der Waals surface area contributed by atoms with E-state index in [1.165, 1.54) is 0 Å². The Morgan fingerprint density at radius 1 is 1.00 bits per heavy atom. The van der Waals surface area contributed by atoms with Crippen molar-refractivity contribution in [3.63, 3.8) is 0 Å². The van der Waals surface area contributed by atoms with Gasteiger partial charge in [-0.05, 0) is 37.1 Å². The van der Waals surface area contributed by atoms with Gasteiger partial charge in [0.05, 0.1) is 10.9 Å². The molecule has 2 nitrogen and oxygen atoms in total. The highest BCUT2D eigenvalue weighted by Gasteiger charge is 2.27. The molecule has 0 N–H and O–H groups in total. The van der Waals surface area contributed by atoms with Crippen LogP contribution >= 0.6 is 11.6 Å². The van der Waals surface area contributed by atoms with Crippen molar-refractivity contribution in [1.82, 2.24) is 0 Å². The van der Waals surface area contributed by atoms with Crippen molar-refractivity contribution in [3.05, 3.63) is 71.3 Å². The fourth-order valence-electron chi connectivity index (χ4n) is 2.34. The van der Waals surface area contributed by atoms with Gasteiger partial charge in [-0.3, -0.25) is 0 Å². The first kappa shape index (κ1) is 14.2. The fourth-order valence-corrected chi connectivity index (χ4v) is 2.63. The Bertz CT molecular complexity index is 647. The van der Waals surface area contributed by atoms with Crippen LogP contribution in [0.3, 0.4) is 0 Å². The summed E-state index contributed by atoms with van der Waals surface area (Å²) in [4.78, 5) is 4.58.